The number of ether oxygens (including phenoxy) is 1. The lowest BCUT2D eigenvalue weighted by atomic mass is 10.0. The van der Waals surface area contributed by atoms with Crippen LogP contribution < -0.4 is 4.74 Å². The molecule has 0 spiro atoms. The average Bonchev–Trinajstić information content (AvgIpc) is 3.09. The Labute approximate surface area is 186 Å². The number of hydrogen-bond acceptors (Lipinski definition) is 5. The number of amides is 1. The Morgan fingerprint density at radius 2 is 1.84 bits per heavy atom. The van der Waals surface area contributed by atoms with Crippen molar-refractivity contribution < 1.29 is 9.53 Å². The lowest BCUT2D eigenvalue weighted by Crippen LogP contribution is -2.31. The number of rotatable bonds is 7. The van der Waals surface area contributed by atoms with Gasteiger partial charge in [0.05, 0.1) is 25.1 Å². The zero-order valence-electron chi connectivity index (χ0n) is 17.7. The number of carbonyl (C=O) groups is 1. The maximum absolute atomic E-state index is 13.1. The topological polar surface area (TPSA) is 54.3 Å². The van der Waals surface area contributed by atoms with Crippen LogP contribution in [-0.2, 0) is 11.3 Å². The normalized spacial score (nSPS) is 17.9. The first-order chi connectivity index (χ1) is 15.2. The second-order valence-corrected chi connectivity index (χ2v) is 8.53. The first-order valence-corrected chi connectivity index (χ1v) is 11.3. The molecule has 4 rings (SSSR count). The van der Waals surface area contributed by atoms with Crippen molar-refractivity contribution in [3.8, 4) is 5.75 Å². The highest BCUT2D eigenvalue weighted by Gasteiger charge is 2.37. The second kappa shape index (κ2) is 9.79. The Kier molecular flexibility index (Phi) is 6.67. The van der Waals surface area contributed by atoms with Crippen LogP contribution in [0.25, 0.3) is 10.8 Å². The van der Waals surface area contributed by atoms with Gasteiger partial charge >= 0.3 is 0 Å². The third-order valence-electron chi connectivity index (χ3n) is 5.25. The Morgan fingerprint density at radius 3 is 2.61 bits per heavy atom. The largest absolute Gasteiger partial charge is 0.497 e. The van der Waals surface area contributed by atoms with Gasteiger partial charge in [-0.2, -0.15) is 5.10 Å². The minimum Gasteiger partial charge on any atom is -0.497 e. The van der Waals surface area contributed by atoms with Gasteiger partial charge in [-0.3, -0.25) is 9.69 Å². The Bertz CT molecular complexity index is 1120. The van der Waals surface area contributed by atoms with Gasteiger partial charge in [0.25, 0.3) is 0 Å². The molecule has 0 radical (unpaired) electrons. The smallest absolute Gasteiger partial charge is 0.242 e. The number of thioether (sulfide) groups is 1. The highest BCUT2D eigenvalue weighted by Crippen LogP contribution is 2.32. The molecule has 3 aromatic rings. The predicted octanol–water partition coefficient (Wildman–Crippen LogP) is 5.48. The van der Waals surface area contributed by atoms with E-state index < -0.39 is 0 Å². The van der Waals surface area contributed by atoms with Crippen LogP contribution in [0.2, 0.25) is 0 Å². The first kappa shape index (κ1) is 21.1. The van der Waals surface area contributed by atoms with E-state index in [1.165, 1.54) is 17.1 Å². The molecule has 0 bridgehead atoms. The van der Waals surface area contributed by atoms with Crippen LogP contribution in [0.5, 0.6) is 5.75 Å². The molecule has 1 amide bonds. The van der Waals surface area contributed by atoms with Crippen LogP contribution in [0.3, 0.4) is 0 Å². The van der Waals surface area contributed by atoms with Gasteiger partial charge in [0.1, 0.15) is 5.75 Å². The van der Waals surface area contributed by atoms with Crippen molar-refractivity contribution in [3.05, 3.63) is 77.9 Å². The van der Waals surface area contributed by atoms with Crippen molar-refractivity contribution in [1.82, 2.24) is 4.90 Å². The summed E-state index contributed by atoms with van der Waals surface area (Å²) in [5.74, 6) is 0.905. The Hall–Kier alpha value is -3.12. The summed E-state index contributed by atoms with van der Waals surface area (Å²) >= 11 is 1.51. The van der Waals surface area contributed by atoms with Crippen molar-refractivity contribution in [1.29, 1.82) is 0 Å². The van der Waals surface area contributed by atoms with E-state index in [1.807, 2.05) is 42.5 Å². The summed E-state index contributed by atoms with van der Waals surface area (Å²) in [5.41, 5.74) is 2.03. The molecule has 1 unspecified atom stereocenters. The number of fused-ring (bicyclic) bond motifs is 1. The first-order valence-electron chi connectivity index (χ1n) is 10.4. The van der Waals surface area contributed by atoms with Gasteiger partial charge in [0.2, 0.25) is 5.91 Å². The summed E-state index contributed by atoms with van der Waals surface area (Å²) in [6.45, 7) is 2.59. The van der Waals surface area contributed by atoms with E-state index in [-0.39, 0.29) is 11.2 Å². The van der Waals surface area contributed by atoms with Gasteiger partial charge in [-0.05, 0) is 52.6 Å². The highest BCUT2D eigenvalue weighted by atomic mass is 32.2. The average molecular weight is 432 g/mol. The van der Waals surface area contributed by atoms with Gasteiger partial charge in [-0.15, -0.1) is 5.10 Å². The molecule has 31 heavy (non-hydrogen) atoms. The molecule has 158 valence electrons. The number of amidine groups is 1. The molecule has 5 nitrogen and oxygen atoms in total. The van der Waals surface area contributed by atoms with Crippen LogP contribution in [0.15, 0.2) is 76.9 Å². The molecule has 0 aliphatic carbocycles. The molecule has 6 heteroatoms. The third kappa shape index (κ3) is 4.80. The standard InChI is InChI=1S/C25H25N3O2S/c1-3-7-23-24(29)28(17-20-10-6-9-19-8-4-5-11-22(19)20)25(31-23)27-26-16-18-12-14-21(30-2)15-13-18/h4-6,8-16,23H,3,7,17H2,1-2H3/b26-16+,27-25-. The van der Waals surface area contributed by atoms with Crippen molar-refractivity contribution in [2.75, 3.05) is 7.11 Å². The van der Waals surface area contributed by atoms with E-state index in [1.54, 1.807) is 18.2 Å². The lowest BCUT2D eigenvalue weighted by Gasteiger charge is -2.17. The predicted molar refractivity (Wildman–Crippen MR) is 129 cm³/mol. The summed E-state index contributed by atoms with van der Waals surface area (Å²) in [7, 11) is 1.64. The molecule has 1 heterocycles. The summed E-state index contributed by atoms with van der Waals surface area (Å²) in [5, 5.41) is 11.6. The molecule has 1 atom stereocenters. The van der Waals surface area contributed by atoms with E-state index in [4.69, 9.17) is 4.74 Å². The minimum atomic E-state index is -0.102. The fourth-order valence-corrected chi connectivity index (χ4v) is 4.82. The van der Waals surface area contributed by atoms with Gasteiger partial charge in [-0.1, -0.05) is 67.6 Å². The maximum Gasteiger partial charge on any atom is 0.242 e. The third-order valence-corrected chi connectivity index (χ3v) is 6.48. The van der Waals surface area contributed by atoms with Crippen molar-refractivity contribution in [3.63, 3.8) is 0 Å². The summed E-state index contributed by atoms with van der Waals surface area (Å²) < 4.78 is 5.18. The van der Waals surface area contributed by atoms with Gasteiger partial charge in [0, 0.05) is 0 Å². The van der Waals surface area contributed by atoms with E-state index in [0.717, 1.165) is 35.1 Å². The van der Waals surface area contributed by atoms with E-state index >= 15 is 0 Å². The van der Waals surface area contributed by atoms with Crippen LogP contribution in [0, 0.1) is 0 Å². The second-order valence-electron chi connectivity index (χ2n) is 7.36. The molecular formula is C25H25N3O2S. The highest BCUT2D eigenvalue weighted by molar-refractivity contribution is 8.15. The zero-order chi connectivity index (χ0) is 21.6. The zero-order valence-corrected chi connectivity index (χ0v) is 18.5. The molecular weight excluding hydrogens is 406 g/mol. The summed E-state index contributed by atoms with van der Waals surface area (Å²) in [6.07, 6.45) is 3.48. The lowest BCUT2D eigenvalue weighted by molar-refractivity contribution is -0.126. The van der Waals surface area contributed by atoms with Gasteiger partial charge in [-0.25, -0.2) is 0 Å². The molecule has 1 fully saturated rings. The van der Waals surface area contributed by atoms with Crippen molar-refractivity contribution >= 4 is 39.8 Å². The number of benzene rings is 3. The van der Waals surface area contributed by atoms with Crippen molar-refractivity contribution in [2.24, 2.45) is 10.2 Å². The number of carbonyl (C=O) groups excluding carboxylic acids is 1. The van der Waals surface area contributed by atoms with E-state index in [9.17, 15) is 4.79 Å². The SMILES string of the molecule is CCCC1S/C(=N\N=C\c2ccc(OC)cc2)N(Cc2cccc3ccccc23)C1=O. The number of hydrogen-bond donors (Lipinski definition) is 0. The summed E-state index contributed by atoms with van der Waals surface area (Å²) in [6, 6.07) is 22.0. The van der Waals surface area contributed by atoms with Crippen LogP contribution in [0.4, 0.5) is 0 Å². The fraction of sp³-hybridized carbons (Fsp3) is 0.240. The molecule has 3 aromatic carbocycles. The maximum atomic E-state index is 13.1. The molecule has 0 aromatic heterocycles. The molecule has 1 aliphatic heterocycles. The molecule has 1 saturated heterocycles. The number of methoxy groups -OCH3 is 1. The van der Waals surface area contributed by atoms with Crippen molar-refractivity contribution in [2.45, 2.75) is 31.6 Å². The van der Waals surface area contributed by atoms with Gasteiger partial charge < -0.3 is 4.74 Å². The molecule has 0 N–H and O–H groups in total. The van der Waals surface area contributed by atoms with Gasteiger partial charge in [0.15, 0.2) is 5.17 Å². The Balaban J connectivity index is 1.60. The minimum absolute atomic E-state index is 0.102. The molecule has 1 aliphatic rings. The molecule has 0 saturated carbocycles. The quantitative estimate of drug-likeness (QED) is 0.368. The van der Waals surface area contributed by atoms with Crippen LogP contribution in [-0.4, -0.2) is 34.5 Å². The van der Waals surface area contributed by atoms with E-state index in [2.05, 4.69) is 41.4 Å². The van der Waals surface area contributed by atoms with Crippen LogP contribution in [0.1, 0.15) is 30.9 Å². The Morgan fingerprint density at radius 1 is 1.06 bits per heavy atom. The summed E-state index contributed by atoms with van der Waals surface area (Å²) in [4.78, 5) is 14.9. The monoisotopic (exact) mass is 431 g/mol. The number of nitrogens with zero attached hydrogens (tertiary/aromatic N) is 3. The van der Waals surface area contributed by atoms with Crippen LogP contribution >= 0.6 is 11.8 Å². The van der Waals surface area contributed by atoms with E-state index in [0.29, 0.717) is 11.7 Å². The fourth-order valence-electron chi connectivity index (χ4n) is 3.61.